The molecule has 3 aromatic rings. The van der Waals surface area contributed by atoms with Crippen molar-refractivity contribution in [3.8, 4) is 11.5 Å². The Hall–Kier alpha value is -3.45. The van der Waals surface area contributed by atoms with Gasteiger partial charge in [-0.15, -0.1) is 0 Å². The Labute approximate surface area is 178 Å². The zero-order chi connectivity index (χ0) is 21.5. The second-order valence-corrected chi connectivity index (χ2v) is 6.75. The molecule has 0 aliphatic rings. The molecule has 8 heteroatoms. The van der Waals surface area contributed by atoms with Gasteiger partial charge in [-0.05, 0) is 42.0 Å². The molecular weight excluding hydrogens is 408 g/mol. The van der Waals surface area contributed by atoms with Gasteiger partial charge >= 0.3 is 0 Å². The lowest BCUT2D eigenvalue weighted by Gasteiger charge is -2.12. The Balaban J connectivity index is 1.63. The van der Waals surface area contributed by atoms with Crippen molar-refractivity contribution in [3.63, 3.8) is 0 Å². The van der Waals surface area contributed by atoms with Gasteiger partial charge in [0.25, 0.3) is 11.8 Å². The van der Waals surface area contributed by atoms with Crippen LogP contribution in [0.15, 0.2) is 59.2 Å². The second kappa shape index (κ2) is 9.84. The molecule has 0 spiro atoms. The molecule has 2 N–H and O–H groups in total. The zero-order valence-corrected chi connectivity index (χ0v) is 17.3. The summed E-state index contributed by atoms with van der Waals surface area (Å²) in [5.74, 6) is 0.839. The largest absolute Gasteiger partial charge is 0.493 e. The van der Waals surface area contributed by atoms with E-state index in [2.05, 4.69) is 10.6 Å². The third kappa shape index (κ3) is 5.12. The molecule has 0 saturated heterocycles. The van der Waals surface area contributed by atoms with Gasteiger partial charge in [-0.25, -0.2) is 0 Å². The number of ether oxygens (including phenoxy) is 2. The maximum atomic E-state index is 12.5. The molecule has 0 radical (unpaired) electrons. The zero-order valence-electron chi connectivity index (χ0n) is 16.5. The Morgan fingerprint density at radius 3 is 2.40 bits per heavy atom. The first-order chi connectivity index (χ1) is 14.5. The normalized spacial score (nSPS) is 10.4. The maximum absolute atomic E-state index is 12.5. The standard InChI is InChI=1S/C22H21ClN2O5/c1-28-19-11-16(10-18(23)20(19)29-2)22(27)24-12-14-5-3-6-15(9-14)21(26)25-13-17-7-4-8-30-17/h3-11H,12-13H2,1-2H3,(H,24,27)(H,25,26). The molecule has 0 aliphatic heterocycles. The van der Waals surface area contributed by atoms with Gasteiger partial charge in [0.15, 0.2) is 11.5 Å². The number of amides is 2. The first kappa shape index (κ1) is 21.3. The minimum absolute atomic E-state index is 0.230. The molecule has 0 unspecified atom stereocenters. The van der Waals surface area contributed by atoms with E-state index in [1.54, 1.807) is 42.7 Å². The van der Waals surface area contributed by atoms with E-state index in [1.165, 1.54) is 20.3 Å². The van der Waals surface area contributed by atoms with Gasteiger partial charge < -0.3 is 24.5 Å². The number of hydrogen-bond donors (Lipinski definition) is 2. The molecule has 2 aromatic carbocycles. The number of benzene rings is 2. The van der Waals surface area contributed by atoms with Gasteiger partial charge in [0.1, 0.15) is 5.76 Å². The summed E-state index contributed by atoms with van der Waals surface area (Å²) in [6.07, 6.45) is 1.55. The van der Waals surface area contributed by atoms with Gasteiger partial charge in [-0.1, -0.05) is 23.7 Å². The number of furan rings is 1. The number of hydrogen-bond acceptors (Lipinski definition) is 5. The SMILES string of the molecule is COc1cc(C(=O)NCc2cccc(C(=O)NCc3ccco3)c2)cc(Cl)c1OC. The summed E-state index contributed by atoms with van der Waals surface area (Å²) in [7, 11) is 2.94. The van der Waals surface area contributed by atoms with E-state index < -0.39 is 0 Å². The number of carbonyl (C=O) groups is 2. The van der Waals surface area contributed by atoms with Crippen LogP contribution in [0, 0.1) is 0 Å². The molecule has 1 heterocycles. The van der Waals surface area contributed by atoms with Gasteiger partial charge in [0, 0.05) is 17.7 Å². The van der Waals surface area contributed by atoms with Crippen molar-refractivity contribution < 1.29 is 23.5 Å². The van der Waals surface area contributed by atoms with E-state index in [9.17, 15) is 9.59 Å². The highest BCUT2D eigenvalue weighted by Crippen LogP contribution is 2.35. The van der Waals surface area contributed by atoms with E-state index in [4.69, 9.17) is 25.5 Å². The lowest BCUT2D eigenvalue weighted by Crippen LogP contribution is -2.24. The van der Waals surface area contributed by atoms with Crippen LogP contribution in [0.25, 0.3) is 0 Å². The fraction of sp³-hybridized carbons (Fsp3) is 0.182. The minimum Gasteiger partial charge on any atom is -0.493 e. The average Bonchev–Trinajstić information content (AvgIpc) is 3.29. The number of halogens is 1. The van der Waals surface area contributed by atoms with Crippen LogP contribution in [-0.4, -0.2) is 26.0 Å². The Morgan fingerprint density at radius 1 is 0.933 bits per heavy atom. The van der Waals surface area contributed by atoms with E-state index in [0.29, 0.717) is 34.9 Å². The molecule has 0 bridgehead atoms. The van der Waals surface area contributed by atoms with Crippen LogP contribution in [-0.2, 0) is 13.1 Å². The van der Waals surface area contributed by atoms with Gasteiger partial charge in [-0.3, -0.25) is 9.59 Å². The Bertz CT molecular complexity index is 1030. The first-order valence-corrected chi connectivity index (χ1v) is 9.49. The highest BCUT2D eigenvalue weighted by atomic mass is 35.5. The predicted molar refractivity (Wildman–Crippen MR) is 112 cm³/mol. The van der Waals surface area contributed by atoms with Crippen molar-refractivity contribution in [2.45, 2.75) is 13.1 Å². The summed E-state index contributed by atoms with van der Waals surface area (Å²) in [5, 5.41) is 5.87. The molecule has 1 aromatic heterocycles. The minimum atomic E-state index is -0.328. The van der Waals surface area contributed by atoms with E-state index in [0.717, 1.165) is 5.56 Å². The number of carbonyl (C=O) groups excluding carboxylic acids is 2. The Morgan fingerprint density at radius 2 is 1.70 bits per heavy atom. The van der Waals surface area contributed by atoms with Gasteiger partial charge in [0.2, 0.25) is 0 Å². The summed E-state index contributed by atoms with van der Waals surface area (Å²) in [4.78, 5) is 24.9. The van der Waals surface area contributed by atoms with E-state index in [-0.39, 0.29) is 23.4 Å². The highest BCUT2D eigenvalue weighted by molar-refractivity contribution is 6.32. The van der Waals surface area contributed by atoms with Crippen LogP contribution >= 0.6 is 11.6 Å². The van der Waals surface area contributed by atoms with Crippen LogP contribution in [0.2, 0.25) is 5.02 Å². The quantitative estimate of drug-likeness (QED) is 0.569. The summed E-state index contributed by atoms with van der Waals surface area (Å²) in [6.45, 7) is 0.539. The first-order valence-electron chi connectivity index (χ1n) is 9.11. The van der Waals surface area contributed by atoms with Crippen LogP contribution in [0.1, 0.15) is 32.0 Å². The van der Waals surface area contributed by atoms with Crippen LogP contribution in [0.4, 0.5) is 0 Å². The summed E-state index contributed by atoms with van der Waals surface area (Å²) in [6, 6.07) is 13.6. The van der Waals surface area contributed by atoms with Crippen molar-refractivity contribution in [1.82, 2.24) is 10.6 Å². The number of rotatable bonds is 8. The molecule has 0 aliphatic carbocycles. The van der Waals surface area contributed by atoms with Crippen LogP contribution in [0.3, 0.4) is 0 Å². The summed E-state index contributed by atoms with van der Waals surface area (Å²) in [5.41, 5.74) is 1.60. The van der Waals surface area contributed by atoms with E-state index in [1.807, 2.05) is 6.07 Å². The number of nitrogens with one attached hydrogen (secondary N) is 2. The smallest absolute Gasteiger partial charge is 0.251 e. The second-order valence-electron chi connectivity index (χ2n) is 6.34. The lowest BCUT2D eigenvalue weighted by atomic mass is 10.1. The highest BCUT2D eigenvalue weighted by Gasteiger charge is 2.15. The predicted octanol–water partition coefficient (Wildman–Crippen LogP) is 3.81. The third-order valence-electron chi connectivity index (χ3n) is 4.34. The van der Waals surface area contributed by atoms with Crippen molar-refractivity contribution in [3.05, 3.63) is 82.3 Å². The van der Waals surface area contributed by atoms with Crippen molar-refractivity contribution in [2.24, 2.45) is 0 Å². The van der Waals surface area contributed by atoms with E-state index >= 15 is 0 Å². The number of methoxy groups -OCH3 is 2. The molecule has 7 nitrogen and oxygen atoms in total. The maximum Gasteiger partial charge on any atom is 0.251 e. The third-order valence-corrected chi connectivity index (χ3v) is 4.62. The molecule has 2 amide bonds. The molecular formula is C22H21ClN2O5. The van der Waals surface area contributed by atoms with Gasteiger partial charge in [-0.2, -0.15) is 0 Å². The average molecular weight is 429 g/mol. The van der Waals surface area contributed by atoms with Crippen molar-refractivity contribution >= 4 is 23.4 Å². The van der Waals surface area contributed by atoms with Gasteiger partial charge in [0.05, 0.1) is 32.1 Å². The fourth-order valence-electron chi connectivity index (χ4n) is 2.84. The van der Waals surface area contributed by atoms with Crippen LogP contribution in [0.5, 0.6) is 11.5 Å². The summed E-state index contributed by atoms with van der Waals surface area (Å²) >= 11 is 6.16. The van der Waals surface area contributed by atoms with Crippen molar-refractivity contribution in [1.29, 1.82) is 0 Å². The molecule has 0 saturated carbocycles. The Kier molecular flexibility index (Phi) is 6.98. The molecule has 156 valence electrons. The molecule has 0 fully saturated rings. The lowest BCUT2D eigenvalue weighted by molar-refractivity contribution is 0.0943. The summed E-state index contributed by atoms with van der Waals surface area (Å²) < 4.78 is 15.6. The topological polar surface area (TPSA) is 89.8 Å². The van der Waals surface area contributed by atoms with Crippen molar-refractivity contribution in [2.75, 3.05) is 14.2 Å². The fourth-order valence-corrected chi connectivity index (χ4v) is 3.13. The monoisotopic (exact) mass is 428 g/mol. The molecule has 0 atom stereocenters. The molecule has 3 rings (SSSR count). The van der Waals surface area contributed by atoms with Crippen LogP contribution < -0.4 is 20.1 Å². The molecule has 30 heavy (non-hydrogen) atoms.